The van der Waals surface area contributed by atoms with Gasteiger partial charge in [-0.3, -0.25) is 4.79 Å². The number of aryl methyl sites for hydroxylation is 1. The van der Waals surface area contributed by atoms with Crippen LogP contribution in [0.3, 0.4) is 0 Å². The van der Waals surface area contributed by atoms with Crippen molar-refractivity contribution in [1.29, 1.82) is 0 Å². The fourth-order valence-corrected chi connectivity index (χ4v) is 2.43. The molecule has 0 bridgehead atoms. The average Bonchev–Trinajstić information content (AvgIpc) is 2.66. The van der Waals surface area contributed by atoms with Gasteiger partial charge in [0, 0.05) is 12.0 Å². The maximum absolute atomic E-state index is 10.6. The fraction of sp³-hybridized carbons (Fsp3) is 0.150. The van der Waals surface area contributed by atoms with Crippen LogP contribution in [-0.4, -0.2) is 21.3 Å². The molecule has 1 N–H and O–H groups in total. The molecule has 3 rings (SSSR count). The van der Waals surface area contributed by atoms with E-state index in [0.717, 1.165) is 28.0 Å². The molecule has 1 aromatic heterocycles. The molecule has 0 atom stereocenters. The molecule has 0 saturated heterocycles. The first-order valence-corrected chi connectivity index (χ1v) is 8.00. The van der Waals surface area contributed by atoms with E-state index in [4.69, 9.17) is 9.84 Å². The van der Waals surface area contributed by atoms with Gasteiger partial charge >= 0.3 is 5.97 Å². The van der Waals surface area contributed by atoms with Gasteiger partial charge < -0.3 is 9.84 Å². The Kier molecular flexibility index (Phi) is 5.36. The molecule has 0 amide bonds. The Morgan fingerprint density at radius 3 is 2.24 bits per heavy atom. The van der Waals surface area contributed by atoms with E-state index in [2.05, 4.69) is 10.2 Å². The van der Waals surface area contributed by atoms with E-state index in [1.165, 1.54) is 0 Å². The van der Waals surface area contributed by atoms with Crippen molar-refractivity contribution in [2.24, 2.45) is 0 Å². The van der Waals surface area contributed by atoms with Gasteiger partial charge in [-0.15, -0.1) is 0 Å². The van der Waals surface area contributed by atoms with Crippen LogP contribution in [-0.2, 0) is 17.8 Å². The smallest absolute Gasteiger partial charge is 0.303 e. The lowest BCUT2D eigenvalue weighted by Crippen LogP contribution is -1.98. The summed E-state index contributed by atoms with van der Waals surface area (Å²) in [5.74, 6) is 0.0131. The summed E-state index contributed by atoms with van der Waals surface area (Å²) in [6.07, 6.45) is 4.08. The highest BCUT2D eigenvalue weighted by molar-refractivity contribution is 5.67. The predicted molar refractivity (Wildman–Crippen MR) is 94.2 cm³/mol. The third-order valence-electron chi connectivity index (χ3n) is 3.83. The highest BCUT2D eigenvalue weighted by Gasteiger charge is 2.02. The van der Waals surface area contributed by atoms with Crippen molar-refractivity contribution in [2.75, 3.05) is 0 Å². The van der Waals surface area contributed by atoms with Crippen LogP contribution in [0.15, 0.2) is 67.0 Å². The molecule has 126 valence electrons. The molecule has 0 aliphatic rings. The van der Waals surface area contributed by atoms with Crippen molar-refractivity contribution in [3.05, 3.63) is 78.1 Å². The van der Waals surface area contributed by atoms with E-state index in [1.54, 1.807) is 12.4 Å². The molecule has 2 aromatic carbocycles. The van der Waals surface area contributed by atoms with Gasteiger partial charge in [0.15, 0.2) is 0 Å². The molecule has 25 heavy (non-hydrogen) atoms. The highest BCUT2D eigenvalue weighted by Crippen LogP contribution is 2.21. The summed E-state index contributed by atoms with van der Waals surface area (Å²) in [4.78, 5) is 10.6. The summed E-state index contributed by atoms with van der Waals surface area (Å²) in [6, 6.07) is 17.6. The Balaban J connectivity index is 1.55. The van der Waals surface area contributed by atoms with Crippen LogP contribution in [0.2, 0.25) is 0 Å². The molecule has 0 aliphatic carbocycles. The molecule has 0 fully saturated rings. The van der Waals surface area contributed by atoms with Crippen LogP contribution in [0.5, 0.6) is 5.75 Å². The Labute approximate surface area is 145 Å². The van der Waals surface area contributed by atoms with Gasteiger partial charge in [-0.25, -0.2) is 0 Å². The molecule has 0 unspecified atom stereocenters. The number of aliphatic carboxylic acids is 1. The van der Waals surface area contributed by atoms with Crippen LogP contribution < -0.4 is 4.74 Å². The van der Waals surface area contributed by atoms with Crippen LogP contribution >= 0.6 is 0 Å². The Morgan fingerprint density at radius 2 is 1.60 bits per heavy atom. The minimum absolute atomic E-state index is 0.148. The van der Waals surface area contributed by atoms with E-state index in [1.807, 2.05) is 54.6 Å². The predicted octanol–water partition coefficient (Wildman–Crippen LogP) is 3.74. The molecule has 0 aliphatic heterocycles. The van der Waals surface area contributed by atoms with Crippen molar-refractivity contribution < 1.29 is 14.6 Å². The first-order valence-electron chi connectivity index (χ1n) is 8.00. The van der Waals surface area contributed by atoms with Crippen LogP contribution in [0, 0.1) is 0 Å². The minimum atomic E-state index is -0.779. The number of hydrogen-bond acceptors (Lipinski definition) is 4. The largest absolute Gasteiger partial charge is 0.489 e. The maximum atomic E-state index is 10.6. The molecule has 0 spiro atoms. The van der Waals surface area contributed by atoms with Crippen molar-refractivity contribution in [3.63, 3.8) is 0 Å². The molecule has 1 heterocycles. The van der Waals surface area contributed by atoms with Gasteiger partial charge in [-0.05, 0) is 41.3 Å². The number of aromatic nitrogens is 2. The lowest BCUT2D eigenvalue weighted by Gasteiger charge is -2.08. The van der Waals surface area contributed by atoms with Crippen LogP contribution in [0.1, 0.15) is 17.5 Å². The summed E-state index contributed by atoms with van der Waals surface area (Å²) in [7, 11) is 0. The Morgan fingerprint density at radius 1 is 0.880 bits per heavy atom. The van der Waals surface area contributed by atoms with E-state index in [0.29, 0.717) is 13.0 Å². The normalized spacial score (nSPS) is 10.4. The molecule has 0 radical (unpaired) electrons. The zero-order valence-electron chi connectivity index (χ0n) is 13.6. The summed E-state index contributed by atoms with van der Waals surface area (Å²) < 4.78 is 5.80. The standard InChI is InChI=1S/C20H18N2O3/c23-20(24)10-5-15-1-3-16(4-2-15)14-25-19-8-6-17(7-9-19)18-11-12-21-22-13-18/h1-4,6-9,11-13H,5,10,14H2,(H,23,24). The molecule has 3 aromatic rings. The zero-order valence-corrected chi connectivity index (χ0v) is 13.6. The number of hydrogen-bond donors (Lipinski definition) is 1. The Bertz CT molecular complexity index is 816. The first kappa shape index (κ1) is 16.6. The molecular formula is C20H18N2O3. The van der Waals surface area contributed by atoms with E-state index < -0.39 is 5.97 Å². The number of benzene rings is 2. The van der Waals surface area contributed by atoms with Gasteiger partial charge in [-0.2, -0.15) is 10.2 Å². The lowest BCUT2D eigenvalue weighted by atomic mass is 10.1. The highest BCUT2D eigenvalue weighted by atomic mass is 16.5. The fourth-order valence-electron chi connectivity index (χ4n) is 2.43. The molecular weight excluding hydrogens is 316 g/mol. The third kappa shape index (κ3) is 4.88. The SMILES string of the molecule is O=C(O)CCc1ccc(COc2ccc(-c3ccnnc3)cc2)cc1. The van der Waals surface area contributed by atoms with Gasteiger partial charge in [0.1, 0.15) is 12.4 Å². The van der Waals surface area contributed by atoms with Gasteiger partial charge in [-0.1, -0.05) is 36.4 Å². The van der Waals surface area contributed by atoms with Gasteiger partial charge in [0.25, 0.3) is 0 Å². The van der Waals surface area contributed by atoms with E-state index >= 15 is 0 Å². The molecule has 0 saturated carbocycles. The van der Waals surface area contributed by atoms with Crippen molar-refractivity contribution in [3.8, 4) is 16.9 Å². The van der Waals surface area contributed by atoms with Crippen molar-refractivity contribution in [2.45, 2.75) is 19.4 Å². The van der Waals surface area contributed by atoms with Crippen LogP contribution in [0.25, 0.3) is 11.1 Å². The zero-order chi connectivity index (χ0) is 17.5. The first-order chi connectivity index (χ1) is 12.2. The second-order valence-electron chi connectivity index (χ2n) is 5.65. The molecule has 5 heteroatoms. The quantitative estimate of drug-likeness (QED) is 0.712. The summed E-state index contributed by atoms with van der Waals surface area (Å²) >= 11 is 0. The average molecular weight is 334 g/mol. The molecule has 5 nitrogen and oxygen atoms in total. The van der Waals surface area contributed by atoms with Gasteiger partial charge in [0.2, 0.25) is 0 Å². The third-order valence-corrected chi connectivity index (χ3v) is 3.83. The maximum Gasteiger partial charge on any atom is 0.303 e. The topological polar surface area (TPSA) is 72.3 Å². The number of carboxylic acid groups (broad SMARTS) is 1. The number of ether oxygens (including phenoxy) is 1. The summed E-state index contributed by atoms with van der Waals surface area (Å²) in [5, 5.41) is 16.4. The van der Waals surface area contributed by atoms with Crippen molar-refractivity contribution >= 4 is 5.97 Å². The minimum Gasteiger partial charge on any atom is -0.489 e. The second-order valence-corrected chi connectivity index (χ2v) is 5.65. The van der Waals surface area contributed by atoms with Gasteiger partial charge in [0.05, 0.1) is 12.4 Å². The summed E-state index contributed by atoms with van der Waals surface area (Å²) in [6.45, 7) is 0.468. The second kappa shape index (κ2) is 8.06. The monoisotopic (exact) mass is 334 g/mol. The number of carboxylic acids is 1. The van der Waals surface area contributed by atoms with Crippen LogP contribution in [0.4, 0.5) is 0 Å². The number of carbonyl (C=O) groups is 1. The number of rotatable bonds is 7. The Hall–Kier alpha value is -3.21. The lowest BCUT2D eigenvalue weighted by molar-refractivity contribution is -0.136. The van der Waals surface area contributed by atoms with E-state index in [-0.39, 0.29) is 6.42 Å². The summed E-state index contributed by atoms with van der Waals surface area (Å²) in [5.41, 5.74) is 4.13. The van der Waals surface area contributed by atoms with E-state index in [9.17, 15) is 4.79 Å². The van der Waals surface area contributed by atoms with Crippen molar-refractivity contribution in [1.82, 2.24) is 10.2 Å². The number of nitrogens with zero attached hydrogens (tertiary/aromatic N) is 2.